The minimum Gasteiger partial charge on any atom is -0.343 e. The largest absolute Gasteiger partial charge is 0.343 e. The molecule has 0 saturated carbocycles. The minimum absolute atomic E-state index is 0.00867. The average Bonchev–Trinajstić information content (AvgIpc) is 2.84. The third kappa shape index (κ3) is 5.08. The zero-order valence-electron chi connectivity index (χ0n) is 14.3. The van der Waals surface area contributed by atoms with Crippen LogP contribution < -0.4 is 0 Å². The third-order valence-corrected chi connectivity index (χ3v) is 4.68. The third-order valence-electron chi connectivity index (χ3n) is 4.68. The first-order valence-electron chi connectivity index (χ1n) is 8.69. The number of carbonyl (C=O) groups excluding carboxylic acids is 2. The second-order valence-electron chi connectivity index (χ2n) is 6.34. The normalized spacial score (nSPS) is 16.5. The molecule has 1 aliphatic heterocycles. The molecule has 0 aliphatic carbocycles. The van der Waals surface area contributed by atoms with Gasteiger partial charge in [-0.1, -0.05) is 43.2 Å². The molecule has 1 aromatic carbocycles. The zero-order valence-corrected chi connectivity index (χ0v) is 14.3. The highest BCUT2D eigenvalue weighted by atomic mass is 16.2. The molecule has 23 heavy (non-hydrogen) atoms. The summed E-state index contributed by atoms with van der Waals surface area (Å²) >= 11 is 0. The van der Waals surface area contributed by atoms with Gasteiger partial charge in [-0.05, 0) is 25.3 Å². The highest BCUT2D eigenvalue weighted by Gasteiger charge is 2.21. The molecular weight excluding hydrogens is 288 g/mol. The van der Waals surface area contributed by atoms with Gasteiger partial charge < -0.3 is 9.80 Å². The number of carbonyl (C=O) groups is 2. The van der Waals surface area contributed by atoms with Gasteiger partial charge in [0.1, 0.15) is 0 Å². The van der Waals surface area contributed by atoms with Crippen molar-refractivity contribution in [3.63, 3.8) is 0 Å². The van der Waals surface area contributed by atoms with Gasteiger partial charge >= 0.3 is 0 Å². The second-order valence-corrected chi connectivity index (χ2v) is 6.34. The number of nitrogens with zero attached hydrogens (tertiary/aromatic N) is 2. The van der Waals surface area contributed by atoms with Crippen LogP contribution in [0.4, 0.5) is 0 Å². The van der Waals surface area contributed by atoms with Gasteiger partial charge in [0.15, 0.2) is 0 Å². The highest BCUT2D eigenvalue weighted by molar-refractivity contribution is 5.78. The van der Waals surface area contributed by atoms with Crippen LogP contribution >= 0.6 is 0 Å². The van der Waals surface area contributed by atoms with E-state index in [0.29, 0.717) is 13.0 Å². The van der Waals surface area contributed by atoms with E-state index in [9.17, 15) is 9.59 Å². The fourth-order valence-corrected chi connectivity index (χ4v) is 3.23. The lowest BCUT2D eigenvalue weighted by Gasteiger charge is -2.29. The van der Waals surface area contributed by atoms with Gasteiger partial charge in [-0.3, -0.25) is 9.59 Å². The van der Waals surface area contributed by atoms with E-state index in [0.717, 1.165) is 31.5 Å². The van der Waals surface area contributed by atoms with Crippen molar-refractivity contribution in [3.05, 3.63) is 35.9 Å². The Morgan fingerprint density at radius 2 is 1.70 bits per heavy atom. The maximum absolute atomic E-state index is 12.4. The van der Waals surface area contributed by atoms with Gasteiger partial charge in [-0.15, -0.1) is 0 Å². The van der Waals surface area contributed by atoms with E-state index in [2.05, 4.69) is 0 Å². The number of benzene rings is 1. The summed E-state index contributed by atoms with van der Waals surface area (Å²) in [5.74, 6) is 0.198. The molecule has 0 spiro atoms. The lowest BCUT2D eigenvalue weighted by atomic mass is 10.1. The van der Waals surface area contributed by atoms with Crippen LogP contribution in [-0.4, -0.2) is 41.2 Å². The van der Waals surface area contributed by atoms with Crippen LogP contribution in [-0.2, 0) is 9.59 Å². The topological polar surface area (TPSA) is 40.6 Å². The lowest BCUT2D eigenvalue weighted by molar-refractivity contribution is -0.134. The van der Waals surface area contributed by atoms with Crippen LogP contribution in [0.15, 0.2) is 30.3 Å². The van der Waals surface area contributed by atoms with Crippen LogP contribution in [0.25, 0.3) is 0 Å². The van der Waals surface area contributed by atoms with E-state index in [-0.39, 0.29) is 17.9 Å². The minimum atomic E-state index is -0.00867. The molecule has 4 heteroatoms. The molecule has 2 rings (SSSR count). The molecule has 2 amide bonds. The van der Waals surface area contributed by atoms with Crippen LogP contribution in [0.5, 0.6) is 0 Å². The first kappa shape index (κ1) is 17.5. The summed E-state index contributed by atoms with van der Waals surface area (Å²) in [5.41, 5.74) is 1.10. The first-order chi connectivity index (χ1) is 11.1. The molecule has 1 unspecified atom stereocenters. The Bertz CT molecular complexity index is 507. The summed E-state index contributed by atoms with van der Waals surface area (Å²) in [6.45, 7) is 5.82. The number of amides is 2. The Morgan fingerprint density at radius 1 is 1.09 bits per heavy atom. The number of hydrogen-bond donors (Lipinski definition) is 0. The standard InChI is InChI=1S/C19H28N2O2/c1-16(18-10-6-5-7-11-18)21(17(2)22)15-12-19(23)20-13-8-3-4-9-14-20/h5-7,10-11,16H,3-4,8-9,12-15H2,1-2H3. The Kier molecular flexibility index (Phi) is 6.63. The molecule has 4 nitrogen and oxygen atoms in total. The Hall–Kier alpha value is -1.84. The van der Waals surface area contributed by atoms with Crippen LogP contribution in [0.3, 0.4) is 0 Å². The molecule has 1 fully saturated rings. The van der Waals surface area contributed by atoms with Crippen molar-refractivity contribution < 1.29 is 9.59 Å². The molecule has 1 heterocycles. The van der Waals surface area contributed by atoms with Gasteiger partial charge in [-0.2, -0.15) is 0 Å². The maximum atomic E-state index is 12.4. The molecule has 126 valence electrons. The van der Waals surface area contributed by atoms with E-state index in [1.54, 1.807) is 11.8 Å². The number of hydrogen-bond acceptors (Lipinski definition) is 2. The Balaban J connectivity index is 1.94. The van der Waals surface area contributed by atoms with E-state index in [1.807, 2.05) is 42.2 Å². The van der Waals surface area contributed by atoms with Crippen molar-refractivity contribution in [2.45, 2.75) is 52.0 Å². The van der Waals surface area contributed by atoms with Crippen molar-refractivity contribution in [2.24, 2.45) is 0 Å². The Morgan fingerprint density at radius 3 is 2.26 bits per heavy atom. The molecule has 0 N–H and O–H groups in total. The van der Waals surface area contributed by atoms with Gasteiger partial charge in [0, 0.05) is 33.0 Å². The van der Waals surface area contributed by atoms with E-state index >= 15 is 0 Å². The van der Waals surface area contributed by atoms with Crippen molar-refractivity contribution in [1.82, 2.24) is 9.80 Å². The molecule has 0 aromatic heterocycles. The molecular formula is C19H28N2O2. The second kappa shape index (κ2) is 8.70. The summed E-state index contributed by atoms with van der Waals surface area (Å²) in [6.07, 6.45) is 5.05. The van der Waals surface area contributed by atoms with Crippen molar-refractivity contribution in [2.75, 3.05) is 19.6 Å². The predicted molar refractivity (Wildman–Crippen MR) is 91.9 cm³/mol. The fourth-order valence-electron chi connectivity index (χ4n) is 3.23. The lowest BCUT2D eigenvalue weighted by Crippen LogP contribution is -2.37. The zero-order chi connectivity index (χ0) is 16.7. The van der Waals surface area contributed by atoms with Crippen molar-refractivity contribution >= 4 is 11.8 Å². The quantitative estimate of drug-likeness (QED) is 0.835. The van der Waals surface area contributed by atoms with Gasteiger partial charge in [0.05, 0.1) is 6.04 Å². The van der Waals surface area contributed by atoms with Gasteiger partial charge in [0.2, 0.25) is 11.8 Å². The van der Waals surface area contributed by atoms with Crippen LogP contribution in [0, 0.1) is 0 Å². The van der Waals surface area contributed by atoms with E-state index in [1.165, 1.54) is 12.8 Å². The van der Waals surface area contributed by atoms with E-state index < -0.39 is 0 Å². The fraction of sp³-hybridized carbons (Fsp3) is 0.579. The highest BCUT2D eigenvalue weighted by Crippen LogP contribution is 2.20. The molecule has 0 bridgehead atoms. The summed E-state index contributed by atoms with van der Waals surface area (Å²) < 4.78 is 0. The smallest absolute Gasteiger partial charge is 0.224 e. The molecule has 1 atom stereocenters. The van der Waals surface area contributed by atoms with Gasteiger partial charge in [0.25, 0.3) is 0 Å². The first-order valence-corrected chi connectivity index (χ1v) is 8.69. The summed E-state index contributed by atoms with van der Waals surface area (Å²) in [6, 6.07) is 9.97. The molecule has 0 radical (unpaired) electrons. The van der Waals surface area contributed by atoms with Crippen molar-refractivity contribution in [1.29, 1.82) is 0 Å². The number of rotatable bonds is 5. The van der Waals surface area contributed by atoms with Crippen LogP contribution in [0.1, 0.15) is 57.6 Å². The molecule has 1 aliphatic rings. The van der Waals surface area contributed by atoms with Gasteiger partial charge in [-0.25, -0.2) is 0 Å². The van der Waals surface area contributed by atoms with Crippen molar-refractivity contribution in [3.8, 4) is 0 Å². The van der Waals surface area contributed by atoms with E-state index in [4.69, 9.17) is 0 Å². The molecule has 1 saturated heterocycles. The average molecular weight is 316 g/mol. The monoisotopic (exact) mass is 316 g/mol. The Labute approximate surface area is 139 Å². The summed E-state index contributed by atoms with van der Waals surface area (Å²) in [5, 5.41) is 0. The number of likely N-dealkylation sites (tertiary alicyclic amines) is 1. The molecule has 1 aromatic rings. The predicted octanol–water partition coefficient (Wildman–Crippen LogP) is 3.39. The summed E-state index contributed by atoms with van der Waals surface area (Å²) in [4.78, 5) is 28.2. The SMILES string of the molecule is CC(=O)N(CCC(=O)N1CCCCCC1)C(C)c1ccccc1. The van der Waals surface area contributed by atoms with Crippen LogP contribution in [0.2, 0.25) is 0 Å². The summed E-state index contributed by atoms with van der Waals surface area (Å²) in [7, 11) is 0. The maximum Gasteiger partial charge on any atom is 0.224 e.